The van der Waals surface area contributed by atoms with E-state index in [2.05, 4.69) is 10.4 Å². The van der Waals surface area contributed by atoms with E-state index in [0.29, 0.717) is 6.54 Å². The standard InChI is InChI=1S/C10H16N4O4/c15-7-10(1-2-10)11-4-9(16)6-13-5-8(3-12-13)14(17)18/h3,5,9,11,15-16H,1-2,4,6-7H2. The number of hydrogen-bond donors (Lipinski definition) is 3. The molecular weight excluding hydrogens is 240 g/mol. The predicted octanol–water partition coefficient (Wildman–Crippen LogP) is -0.733. The van der Waals surface area contributed by atoms with E-state index in [1.54, 1.807) is 0 Å². The molecule has 0 spiro atoms. The van der Waals surface area contributed by atoms with Crippen molar-refractivity contribution < 1.29 is 15.1 Å². The van der Waals surface area contributed by atoms with Crippen molar-refractivity contribution in [1.82, 2.24) is 15.1 Å². The molecule has 0 aliphatic heterocycles. The van der Waals surface area contributed by atoms with Gasteiger partial charge in [0.05, 0.1) is 24.2 Å². The van der Waals surface area contributed by atoms with Crippen molar-refractivity contribution in [2.75, 3.05) is 13.2 Å². The Kier molecular flexibility index (Phi) is 3.60. The largest absolute Gasteiger partial charge is 0.394 e. The number of rotatable bonds is 7. The second kappa shape index (κ2) is 5.01. The number of aliphatic hydroxyl groups excluding tert-OH is 2. The maximum absolute atomic E-state index is 10.5. The SMILES string of the molecule is O=[N+]([O-])c1cnn(CC(O)CNC2(CO)CC2)c1. The van der Waals surface area contributed by atoms with Gasteiger partial charge >= 0.3 is 5.69 Å². The highest BCUT2D eigenvalue weighted by Gasteiger charge is 2.41. The molecule has 1 heterocycles. The van der Waals surface area contributed by atoms with Crippen molar-refractivity contribution >= 4 is 5.69 Å². The Labute approximate surface area is 103 Å². The Bertz CT molecular complexity index is 429. The van der Waals surface area contributed by atoms with Crippen LogP contribution in [0.25, 0.3) is 0 Å². The van der Waals surface area contributed by atoms with Crippen LogP contribution in [-0.2, 0) is 6.54 Å². The average molecular weight is 256 g/mol. The minimum absolute atomic E-state index is 0.0625. The number of nitrogens with zero attached hydrogens (tertiary/aromatic N) is 3. The Morgan fingerprint density at radius 3 is 2.89 bits per heavy atom. The summed E-state index contributed by atoms with van der Waals surface area (Å²) in [4.78, 5) is 9.93. The van der Waals surface area contributed by atoms with Gasteiger partial charge in [-0.25, -0.2) is 0 Å². The lowest BCUT2D eigenvalue weighted by molar-refractivity contribution is -0.385. The van der Waals surface area contributed by atoms with E-state index in [1.165, 1.54) is 10.9 Å². The highest BCUT2D eigenvalue weighted by molar-refractivity contribution is 5.20. The molecule has 1 aliphatic rings. The lowest BCUT2D eigenvalue weighted by Crippen LogP contribution is -2.41. The molecule has 1 saturated carbocycles. The Balaban J connectivity index is 1.79. The summed E-state index contributed by atoms with van der Waals surface area (Å²) in [6.45, 7) is 0.573. The van der Waals surface area contributed by atoms with E-state index in [1.807, 2.05) is 0 Å². The lowest BCUT2D eigenvalue weighted by Gasteiger charge is -2.17. The molecule has 18 heavy (non-hydrogen) atoms. The van der Waals surface area contributed by atoms with Crippen LogP contribution < -0.4 is 5.32 Å². The smallest absolute Gasteiger partial charge is 0.306 e. The molecule has 1 aromatic rings. The zero-order valence-corrected chi connectivity index (χ0v) is 9.82. The first-order valence-corrected chi connectivity index (χ1v) is 5.75. The summed E-state index contributed by atoms with van der Waals surface area (Å²) >= 11 is 0. The number of aliphatic hydroxyl groups is 2. The highest BCUT2D eigenvalue weighted by Crippen LogP contribution is 2.34. The summed E-state index contributed by atoms with van der Waals surface area (Å²) in [7, 11) is 0. The highest BCUT2D eigenvalue weighted by atomic mass is 16.6. The monoisotopic (exact) mass is 256 g/mol. The van der Waals surface area contributed by atoms with Crippen LogP contribution in [0.15, 0.2) is 12.4 Å². The van der Waals surface area contributed by atoms with E-state index in [9.17, 15) is 15.2 Å². The molecule has 0 aromatic carbocycles. The molecule has 0 saturated heterocycles. The first-order valence-electron chi connectivity index (χ1n) is 5.75. The van der Waals surface area contributed by atoms with Gasteiger partial charge in [-0.05, 0) is 12.8 Å². The Hall–Kier alpha value is -1.51. The molecule has 1 atom stereocenters. The number of nitro groups is 1. The topological polar surface area (TPSA) is 113 Å². The van der Waals surface area contributed by atoms with Gasteiger partial charge in [-0.1, -0.05) is 0 Å². The van der Waals surface area contributed by atoms with E-state index >= 15 is 0 Å². The fourth-order valence-corrected chi connectivity index (χ4v) is 1.70. The molecule has 3 N–H and O–H groups in total. The van der Waals surface area contributed by atoms with Crippen molar-refractivity contribution in [3.63, 3.8) is 0 Å². The molecule has 1 unspecified atom stereocenters. The second-order valence-corrected chi connectivity index (χ2v) is 4.65. The van der Waals surface area contributed by atoms with Crippen LogP contribution in [0.4, 0.5) is 5.69 Å². The molecule has 0 bridgehead atoms. The summed E-state index contributed by atoms with van der Waals surface area (Å²) in [5, 5.41) is 36.2. The van der Waals surface area contributed by atoms with Crippen molar-refractivity contribution in [3.8, 4) is 0 Å². The van der Waals surface area contributed by atoms with Crippen LogP contribution in [0.2, 0.25) is 0 Å². The van der Waals surface area contributed by atoms with Crippen LogP contribution in [0.3, 0.4) is 0 Å². The minimum Gasteiger partial charge on any atom is -0.394 e. The van der Waals surface area contributed by atoms with Crippen LogP contribution in [-0.4, -0.2) is 49.7 Å². The Morgan fingerprint density at radius 1 is 1.67 bits per heavy atom. The third kappa shape index (κ3) is 3.03. The van der Waals surface area contributed by atoms with Gasteiger partial charge in [-0.2, -0.15) is 5.10 Å². The van der Waals surface area contributed by atoms with Crippen LogP contribution >= 0.6 is 0 Å². The van der Waals surface area contributed by atoms with E-state index in [0.717, 1.165) is 19.0 Å². The van der Waals surface area contributed by atoms with Gasteiger partial charge in [0.25, 0.3) is 0 Å². The lowest BCUT2D eigenvalue weighted by atomic mass is 10.2. The van der Waals surface area contributed by atoms with Crippen molar-refractivity contribution in [3.05, 3.63) is 22.5 Å². The van der Waals surface area contributed by atoms with Gasteiger partial charge in [0.2, 0.25) is 0 Å². The van der Waals surface area contributed by atoms with Gasteiger partial charge in [0.1, 0.15) is 12.4 Å². The number of aromatic nitrogens is 2. The first kappa shape index (κ1) is 12.9. The quantitative estimate of drug-likeness (QED) is 0.437. The third-order valence-corrected chi connectivity index (χ3v) is 3.10. The second-order valence-electron chi connectivity index (χ2n) is 4.65. The molecule has 8 heteroatoms. The molecule has 1 aromatic heterocycles. The zero-order chi connectivity index (χ0) is 13.2. The zero-order valence-electron chi connectivity index (χ0n) is 9.82. The maximum Gasteiger partial charge on any atom is 0.306 e. The van der Waals surface area contributed by atoms with Crippen LogP contribution in [0.1, 0.15) is 12.8 Å². The molecule has 2 rings (SSSR count). The normalized spacial score (nSPS) is 18.6. The maximum atomic E-state index is 10.5. The number of hydrogen-bond acceptors (Lipinski definition) is 6. The van der Waals surface area contributed by atoms with E-state index in [4.69, 9.17) is 5.11 Å². The number of β-amino-alcohol motifs (C(OH)–C–C–N with tert-alkyl or cyclic N) is 1. The summed E-state index contributed by atoms with van der Waals surface area (Å²) in [5.74, 6) is 0. The minimum atomic E-state index is -0.700. The van der Waals surface area contributed by atoms with E-state index in [-0.39, 0.29) is 24.4 Å². The molecule has 1 aliphatic carbocycles. The number of nitrogens with one attached hydrogen (secondary N) is 1. The fourth-order valence-electron chi connectivity index (χ4n) is 1.70. The van der Waals surface area contributed by atoms with Crippen LogP contribution in [0, 0.1) is 10.1 Å². The summed E-state index contributed by atoms with van der Waals surface area (Å²) in [6, 6.07) is 0. The van der Waals surface area contributed by atoms with Crippen molar-refractivity contribution in [2.24, 2.45) is 0 Å². The van der Waals surface area contributed by atoms with Gasteiger partial charge in [-0.3, -0.25) is 14.8 Å². The predicted molar refractivity (Wildman–Crippen MR) is 61.9 cm³/mol. The van der Waals surface area contributed by atoms with Crippen LogP contribution in [0.5, 0.6) is 0 Å². The molecule has 0 radical (unpaired) electrons. The molecule has 0 amide bonds. The molecule has 1 fully saturated rings. The molecular formula is C10H16N4O4. The third-order valence-electron chi connectivity index (χ3n) is 3.10. The van der Waals surface area contributed by atoms with Crippen molar-refractivity contribution in [2.45, 2.75) is 31.0 Å². The van der Waals surface area contributed by atoms with E-state index < -0.39 is 11.0 Å². The molecule has 8 nitrogen and oxygen atoms in total. The first-order chi connectivity index (χ1) is 8.54. The van der Waals surface area contributed by atoms with Gasteiger partial charge in [-0.15, -0.1) is 0 Å². The summed E-state index contributed by atoms with van der Waals surface area (Å²) < 4.78 is 1.34. The molecule has 100 valence electrons. The van der Waals surface area contributed by atoms with Gasteiger partial charge in [0.15, 0.2) is 0 Å². The summed E-state index contributed by atoms with van der Waals surface area (Å²) in [5.41, 5.74) is -0.318. The average Bonchev–Trinajstić information content (AvgIpc) is 2.98. The summed E-state index contributed by atoms with van der Waals surface area (Å²) in [6.07, 6.45) is 3.54. The van der Waals surface area contributed by atoms with Gasteiger partial charge < -0.3 is 15.5 Å². The Morgan fingerprint density at radius 2 is 2.39 bits per heavy atom. The van der Waals surface area contributed by atoms with Crippen molar-refractivity contribution in [1.29, 1.82) is 0 Å². The fraction of sp³-hybridized carbons (Fsp3) is 0.700. The van der Waals surface area contributed by atoms with Gasteiger partial charge in [0, 0.05) is 12.1 Å².